The maximum atomic E-state index is 12.9. The average Bonchev–Trinajstić information content (AvgIpc) is 2.18. The van der Waals surface area contributed by atoms with E-state index in [1.807, 2.05) is 0 Å². The van der Waals surface area contributed by atoms with Gasteiger partial charge in [0.15, 0.2) is 0 Å². The van der Waals surface area contributed by atoms with Crippen LogP contribution in [0.4, 0.5) is 4.39 Å². The molecule has 1 fully saturated rings. The molecule has 0 amide bonds. The van der Waals surface area contributed by atoms with Crippen molar-refractivity contribution in [2.75, 3.05) is 13.2 Å². The molecule has 3 nitrogen and oxygen atoms in total. The second-order valence-corrected chi connectivity index (χ2v) is 5.01. The molecule has 0 atom stereocenters. The van der Waals surface area contributed by atoms with Crippen LogP contribution >= 0.6 is 0 Å². The predicted octanol–water partition coefficient (Wildman–Crippen LogP) is 2.20. The summed E-state index contributed by atoms with van der Waals surface area (Å²) >= 11 is 0. The Hall–Kier alpha value is -1.42. The van der Waals surface area contributed by atoms with E-state index in [1.165, 1.54) is 12.1 Å². The van der Waals surface area contributed by atoms with E-state index in [1.54, 1.807) is 26.0 Å². The molecule has 0 aromatic heterocycles. The number of carboxylic acid groups (broad SMARTS) is 1. The Kier molecular flexibility index (Phi) is 2.70. The Bertz CT molecular complexity index is 432. The van der Waals surface area contributed by atoms with E-state index < -0.39 is 16.8 Å². The highest BCUT2D eigenvalue weighted by atomic mass is 19.1. The van der Waals surface area contributed by atoms with Crippen molar-refractivity contribution < 1.29 is 19.0 Å². The summed E-state index contributed by atoms with van der Waals surface area (Å²) in [4.78, 5) is 11.4. The van der Waals surface area contributed by atoms with Crippen LogP contribution in [-0.2, 0) is 14.9 Å². The summed E-state index contributed by atoms with van der Waals surface area (Å²) in [6, 6.07) is 5.99. The Labute approximate surface area is 99.2 Å². The Morgan fingerprint density at radius 2 is 1.88 bits per heavy atom. The van der Waals surface area contributed by atoms with Crippen molar-refractivity contribution in [3.8, 4) is 0 Å². The van der Waals surface area contributed by atoms with Gasteiger partial charge in [0.25, 0.3) is 0 Å². The normalized spacial score (nSPS) is 18.5. The van der Waals surface area contributed by atoms with Crippen molar-refractivity contribution >= 4 is 5.97 Å². The first-order valence-electron chi connectivity index (χ1n) is 5.47. The number of carboxylic acids is 1. The number of aliphatic carboxylic acids is 1. The van der Waals surface area contributed by atoms with E-state index in [9.17, 15) is 14.3 Å². The topological polar surface area (TPSA) is 46.5 Å². The van der Waals surface area contributed by atoms with Gasteiger partial charge in [-0.05, 0) is 31.5 Å². The molecule has 1 heterocycles. The van der Waals surface area contributed by atoms with Gasteiger partial charge in [-0.25, -0.2) is 4.39 Å². The molecule has 1 aromatic carbocycles. The summed E-state index contributed by atoms with van der Waals surface area (Å²) in [6.45, 7) is 4.08. The summed E-state index contributed by atoms with van der Waals surface area (Å²) in [7, 11) is 0. The van der Waals surface area contributed by atoms with Crippen molar-refractivity contribution in [2.24, 2.45) is 5.41 Å². The van der Waals surface area contributed by atoms with Crippen LogP contribution in [0.25, 0.3) is 0 Å². The summed E-state index contributed by atoms with van der Waals surface area (Å²) in [5.41, 5.74) is -0.687. The molecule has 0 spiro atoms. The molecule has 0 aliphatic carbocycles. The van der Waals surface area contributed by atoms with E-state index in [0.29, 0.717) is 13.2 Å². The monoisotopic (exact) mass is 238 g/mol. The maximum Gasteiger partial charge on any atom is 0.310 e. The zero-order chi connectivity index (χ0) is 12.7. The third kappa shape index (κ3) is 1.63. The summed E-state index contributed by atoms with van der Waals surface area (Å²) < 4.78 is 18.1. The molecule has 0 radical (unpaired) electrons. The average molecular weight is 238 g/mol. The molecule has 1 saturated heterocycles. The van der Waals surface area contributed by atoms with Gasteiger partial charge < -0.3 is 9.84 Å². The van der Waals surface area contributed by atoms with E-state index in [2.05, 4.69) is 0 Å². The van der Waals surface area contributed by atoms with Crippen LogP contribution < -0.4 is 0 Å². The van der Waals surface area contributed by atoms with Crippen LogP contribution in [0.5, 0.6) is 0 Å². The van der Waals surface area contributed by atoms with Crippen LogP contribution in [0.15, 0.2) is 24.3 Å². The lowest BCUT2D eigenvalue weighted by Crippen LogP contribution is -2.59. The van der Waals surface area contributed by atoms with Crippen LogP contribution in [0, 0.1) is 11.2 Å². The van der Waals surface area contributed by atoms with Crippen molar-refractivity contribution in [1.29, 1.82) is 0 Å². The lowest BCUT2D eigenvalue weighted by Gasteiger charge is -2.50. The molecule has 0 bridgehead atoms. The molecule has 1 N–H and O–H groups in total. The predicted molar refractivity (Wildman–Crippen MR) is 60.3 cm³/mol. The van der Waals surface area contributed by atoms with Crippen molar-refractivity contribution in [3.05, 3.63) is 35.6 Å². The highest BCUT2D eigenvalue weighted by molar-refractivity contribution is 5.76. The quantitative estimate of drug-likeness (QED) is 0.878. The van der Waals surface area contributed by atoms with Crippen LogP contribution in [0.2, 0.25) is 0 Å². The lowest BCUT2D eigenvalue weighted by atomic mass is 9.60. The first-order chi connectivity index (χ1) is 7.90. The van der Waals surface area contributed by atoms with Crippen LogP contribution in [0.1, 0.15) is 19.4 Å². The molecule has 0 unspecified atom stereocenters. The van der Waals surface area contributed by atoms with Crippen molar-refractivity contribution in [3.63, 3.8) is 0 Å². The Balaban J connectivity index is 2.45. The number of benzene rings is 1. The van der Waals surface area contributed by atoms with Gasteiger partial charge in [0.05, 0.1) is 24.0 Å². The minimum atomic E-state index is -0.941. The molecule has 1 aromatic rings. The van der Waals surface area contributed by atoms with Gasteiger partial charge in [-0.3, -0.25) is 4.79 Å². The molecule has 2 rings (SSSR count). The number of hydrogen-bond donors (Lipinski definition) is 1. The SMILES string of the molecule is CC(C)(C(=O)O)C1(c2ccc(F)cc2)COC1. The van der Waals surface area contributed by atoms with Crippen LogP contribution in [0.3, 0.4) is 0 Å². The lowest BCUT2D eigenvalue weighted by molar-refractivity contribution is -0.171. The summed E-state index contributed by atoms with van der Waals surface area (Å²) in [6.07, 6.45) is 0. The first-order valence-corrected chi connectivity index (χ1v) is 5.47. The third-order valence-corrected chi connectivity index (χ3v) is 3.82. The maximum absolute atomic E-state index is 12.9. The van der Waals surface area contributed by atoms with Gasteiger partial charge in [0.1, 0.15) is 5.82 Å². The summed E-state index contributed by atoms with van der Waals surface area (Å²) in [5, 5.41) is 9.33. The standard InChI is InChI=1S/C13H15FO3/c1-12(2,11(15)16)13(7-17-8-13)9-3-5-10(14)6-4-9/h3-6H,7-8H2,1-2H3,(H,15,16). The van der Waals surface area contributed by atoms with Gasteiger partial charge >= 0.3 is 5.97 Å². The minimum absolute atomic E-state index is 0.322. The van der Waals surface area contributed by atoms with E-state index >= 15 is 0 Å². The second-order valence-electron chi connectivity index (χ2n) is 5.01. The molecule has 4 heteroatoms. The first kappa shape index (κ1) is 12.0. The zero-order valence-electron chi connectivity index (χ0n) is 9.87. The minimum Gasteiger partial charge on any atom is -0.481 e. The van der Waals surface area contributed by atoms with E-state index in [-0.39, 0.29) is 5.82 Å². The number of ether oxygens (including phenoxy) is 1. The smallest absolute Gasteiger partial charge is 0.310 e. The number of rotatable bonds is 3. The van der Waals surface area contributed by atoms with E-state index in [4.69, 9.17) is 4.74 Å². The van der Waals surface area contributed by atoms with Gasteiger partial charge in [0.2, 0.25) is 0 Å². The second kappa shape index (κ2) is 3.81. The van der Waals surface area contributed by atoms with E-state index in [0.717, 1.165) is 5.56 Å². The zero-order valence-corrected chi connectivity index (χ0v) is 9.87. The Morgan fingerprint density at radius 1 is 1.35 bits per heavy atom. The molecule has 17 heavy (non-hydrogen) atoms. The number of halogens is 1. The molecular formula is C13H15FO3. The number of hydrogen-bond acceptors (Lipinski definition) is 2. The van der Waals surface area contributed by atoms with Gasteiger partial charge in [0, 0.05) is 0 Å². The molecule has 1 aliphatic rings. The highest BCUT2D eigenvalue weighted by Gasteiger charge is 2.56. The fourth-order valence-electron chi connectivity index (χ4n) is 2.17. The van der Waals surface area contributed by atoms with Gasteiger partial charge in [-0.1, -0.05) is 12.1 Å². The fourth-order valence-corrected chi connectivity index (χ4v) is 2.17. The highest BCUT2D eigenvalue weighted by Crippen LogP contribution is 2.47. The third-order valence-electron chi connectivity index (χ3n) is 3.82. The summed E-state index contributed by atoms with van der Waals surface area (Å²) in [5.74, 6) is -1.19. The van der Waals surface area contributed by atoms with Crippen molar-refractivity contribution in [1.82, 2.24) is 0 Å². The van der Waals surface area contributed by atoms with Gasteiger partial charge in [-0.2, -0.15) is 0 Å². The van der Waals surface area contributed by atoms with Crippen LogP contribution in [-0.4, -0.2) is 24.3 Å². The Morgan fingerprint density at radius 3 is 2.24 bits per heavy atom. The molecular weight excluding hydrogens is 223 g/mol. The number of carbonyl (C=O) groups is 1. The molecule has 1 aliphatic heterocycles. The fraction of sp³-hybridized carbons (Fsp3) is 0.462. The van der Waals surface area contributed by atoms with Gasteiger partial charge in [-0.15, -0.1) is 0 Å². The molecule has 0 saturated carbocycles. The van der Waals surface area contributed by atoms with Crippen molar-refractivity contribution in [2.45, 2.75) is 19.3 Å². The largest absolute Gasteiger partial charge is 0.481 e. The molecule has 92 valence electrons.